The number of amides is 1. The highest BCUT2D eigenvalue weighted by molar-refractivity contribution is 5.85. The van der Waals surface area contributed by atoms with Crippen molar-refractivity contribution in [1.82, 2.24) is 10.6 Å². The van der Waals surface area contributed by atoms with E-state index in [0.717, 1.165) is 6.42 Å². The van der Waals surface area contributed by atoms with Crippen molar-refractivity contribution < 1.29 is 4.79 Å². The zero-order chi connectivity index (χ0) is 12.7. The van der Waals surface area contributed by atoms with Gasteiger partial charge in [0.05, 0.1) is 12.6 Å². The smallest absolute Gasteiger partial charge is 0.234 e. The Morgan fingerprint density at radius 1 is 1.22 bits per heavy atom. The number of rotatable bonds is 6. The molecule has 1 aromatic carbocycles. The van der Waals surface area contributed by atoms with Gasteiger partial charge in [-0.2, -0.15) is 0 Å². The third-order valence-corrected chi connectivity index (χ3v) is 2.58. The van der Waals surface area contributed by atoms with E-state index < -0.39 is 0 Å². The molecule has 0 aliphatic rings. The molecule has 4 heteroatoms. The van der Waals surface area contributed by atoms with E-state index in [0.29, 0.717) is 12.5 Å². The van der Waals surface area contributed by atoms with E-state index in [1.165, 1.54) is 5.56 Å². The average molecular weight is 271 g/mol. The van der Waals surface area contributed by atoms with Crippen LogP contribution in [0.5, 0.6) is 0 Å². The van der Waals surface area contributed by atoms with E-state index in [2.05, 4.69) is 36.6 Å². The Morgan fingerprint density at radius 3 is 2.33 bits per heavy atom. The molecule has 0 saturated heterocycles. The minimum absolute atomic E-state index is 0. The summed E-state index contributed by atoms with van der Waals surface area (Å²) in [6.07, 6.45) is 0.958. The molecular weight excluding hydrogens is 248 g/mol. The molecule has 0 heterocycles. The SMILES string of the molecule is CNCC(=O)NC(CC(C)C)c1ccccc1.Cl. The Bertz CT molecular complexity index is 341. The van der Waals surface area contributed by atoms with Gasteiger partial charge < -0.3 is 10.6 Å². The number of benzene rings is 1. The Labute approximate surface area is 116 Å². The summed E-state index contributed by atoms with van der Waals surface area (Å²) in [4.78, 5) is 11.6. The molecule has 1 aromatic rings. The summed E-state index contributed by atoms with van der Waals surface area (Å²) in [5.74, 6) is 0.595. The molecule has 0 aromatic heterocycles. The second-order valence-corrected chi connectivity index (χ2v) is 4.69. The van der Waals surface area contributed by atoms with Gasteiger partial charge in [0.2, 0.25) is 5.91 Å². The Morgan fingerprint density at radius 2 is 1.83 bits per heavy atom. The molecule has 0 spiro atoms. The Kier molecular flexibility index (Phi) is 8.42. The monoisotopic (exact) mass is 270 g/mol. The molecule has 18 heavy (non-hydrogen) atoms. The lowest BCUT2D eigenvalue weighted by Gasteiger charge is -2.21. The van der Waals surface area contributed by atoms with E-state index in [1.54, 1.807) is 7.05 Å². The quantitative estimate of drug-likeness (QED) is 0.834. The first-order chi connectivity index (χ1) is 8.13. The number of likely N-dealkylation sites (N-methyl/N-ethyl adjacent to an activating group) is 1. The zero-order valence-corrected chi connectivity index (χ0v) is 12.1. The van der Waals surface area contributed by atoms with Crippen LogP contribution in [0.3, 0.4) is 0 Å². The Hall–Kier alpha value is -1.06. The number of carbonyl (C=O) groups is 1. The van der Waals surface area contributed by atoms with Gasteiger partial charge in [-0.25, -0.2) is 0 Å². The van der Waals surface area contributed by atoms with Gasteiger partial charge in [0.1, 0.15) is 0 Å². The first-order valence-corrected chi connectivity index (χ1v) is 6.12. The molecule has 1 rings (SSSR count). The van der Waals surface area contributed by atoms with Gasteiger partial charge in [-0.3, -0.25) is 4.79 Å². The maximum Gasteiger partial charge on any atom is 0.234 e. The molecule has 0 bridgehead atoms. The predicted molar refractivity (Wildman–Crippen MR) is 78.0 cm³/mol. The molecule has 1 atom stereocenters. The van der Waals surface area contributed by atoms with Crippen LogP contribution in [0, 0.1) is 5.92 Å². The number of halogens is 1. The second-order valence-electron chi connectivity index (χ2n) is 4.69. The van der Waals surface area contributed by atoms with Gasteiger partial charge in [0.15, 0.2) is 0 Å². The van der Waals surface area contributed by atoms with Crippen LogP contribution in [0.25, 0.3) is 0 Å². The molecule has 3 nitrogen and oxygen atoms in total. The van der Waals surface area contributed by atoms with Crippen LogP contribution in [0.4, 0.5) is 0 Å². The van der Waals surface area contributed by atoms with Crippen molar-refractivity contribution >= 4 is 18.3 Å². The van der Waals surface area contributed by atoms with Gasteiger partial charge >= 0.3 is 0 Å². The highest BCUT2D eigenvalue weighted by atomic mass is 35.5. The van der Waals surface area contributed by atoms with Crippen molar-refractivity contribution in [3.8, 4) is 0 Å². The number of hydrogen-bond donors (Lipinski definition) is 2. The largest absolute Gasteiger partial charge is 0.348 e. The summed E-state index contributed by atoms with van der Waals surface area (Å²) < 4.78 is 0. The van der Waals surface area contributed by atoms with E-state index in [9.17, 15) is 4.79 Å². The van der Waals surface area contributed by atoms with Gasteiger partial charge in [0, 0.05) is 0 Å². The fraction of sp³-hybridized carbons (Fsp3) is 0.500. The van der Waals surface area contributed by atoms with Crippen molar-refractivity contribution in [2.24, 2.45) is 5.92 Å². The average Bonchev–Trinajstić information content (AvgIpc) is 2.29. The first kappa shape index (κ1) is 16.9. The summed E-state index contributed by atoms with van der Waals surface area (Å²) in [5, 5.41) is 5.93. The van der Waals surface area contributed by atoms with Crippen LogP contribution in [0.2, 0.25) is 0 Å². The standard InChI is InChI=1S/C14H22N2O.ClH/c1-11(2)9-13(16-14(17)10-15-3)12-7-5-4-6-8-12;/h4-8,11,13,15H,9-10H2,1-3H3,(H,16,17);1H. The highest BCUT2D eigenvalue weighted by Crippen LogP contribution is 2.20. The molecule has 0 aliphatic heterocycles. The molecule has 1 amide bonds. The molecular formula is C14H23ClN2O. The lowest BCUT2D eigenvalue weighted by Crippen LogP contribution is -2.35. The topological polar surface area (TPSA) is 41.1 Å². The van der Waals surface area contributed by atoms with E-state index in [-0.39, 0.29) is 24.4 Å². The maximum absolute atomic E-state index is 11.6. The van der Waals surface area contributed by atoms with Crippen LogP contribution in [-0.2, 0) is 4.79 Å². The summed E-state index contributed by atoms with van der Waals surface area (Å²) in [5.41, 5.74) is 1.17. The molecule has 0 aliphatic carbocycles. The first-order valence-electron chi connectivity index (χ1n) is 6.12. The zero-order valence-electron chi connectivity index (χ0n) is 11.3. The lowest BCUT2D eigenvalue weighted by atomic mass is 9.97. The number of carbonyl (C=O) groups excluding carboxylic acids is 1. The van der Waals surface area contributed by atoms with Crippen LogP contribution < -0.4 is 10.6 Å². The minimum Gasteiger partial charge on any atom is -0.348 e. The summed E-state index contributed by atoms with van der Waals surface area (Å²) in [6, 6.07) is 10.2. The van der Waals surface area contributed by atoms with Crippen LogP contribution in [-0.4, -0.2) is 19.5 Å². The number of hydrogen-bond acceptors (Lipinski definition) is 2. The summed E-state index contributed by atoms with van der Waals surface area (Å²) in [7, 11) is 1.78. The van der Waals surface area contributed by atoms with Gasteiger partial charge in [0.25, 0.3) is 0 Å². The summed E-state index contributed by atoms with van der Waals surface area (Å²) in [6.45, 7) is 4.70. The van der Waals surface area contributed by atoms with Crippen molar-refractivity contribution in [2.45, 2.75) is 26.3 Å². The van der Waals surface area contributed by atoms with Crippen LogP contribution in [0.15, 0.2) is 30.3 Å². The summed E-state index contributed by atoms with van der Waals surface area (Å²) >= 11 is 0. The molecule has 0 fully saturated rings. The third-order valence-electron chi connectivity index (χ3n) is 2.58. The third kappa shape index (κ3) is 6.03. The lowest BCUT2D eigenvalue weighted by molar-refractivity contribution is -0.121. The van der Waals surface area contributed by atoms with Gasteiger partial charge in [-0.05, 0) is 24.9 Å². The molecule has 1 unspecified atom stereocenters. The van der Waals surface area contributed by atoms with Crippen molar-refractivity contribution in [3.63, 3.8) is 0 Å². The number of nitrogens with one attached hydrogen (secondary N) is 2. The second kappa shape index (κ2) is 8.95. The fourth-order valence-electron chi connectivity index (χ4n) is 1.84. The normalized spacial score (nSPS) is 11.8. The van der Waals surface area contributed by atoms with E-state index >= 15 is 0 Å². The van der Waals surface area contributed by atoms with Crippen molar-refractivity contribution in [3.05, 3.63) is 35.9 Å². The van der Waals surface area contributed by atoms with Crippen LogP contribution in [0.1, 0.15) is 31.9 Å². The molecule has 2 N–H and O–H groups in total. The van der Waals surface area contributed by atoms with E-state index in [4.69, 9.17) is 0 Å². The maximum atomic E-state index is 11.6. The van der Waals surface area contributed by atoms with Crippen molar-refractivity contribution in [1.29, 1.82) is 0 Å². The van der Waals surface area contributed by atoms with E-state index in [1.807, 2.05) is 18.2 Å². The van der Waals surface area contributed by atoms with Gasteiger partial charge in [-0.1, -0.05) is 44.2 Å². The fourth-order valence-corrected chi connectivity index (χ4v) is 1.84. The molecule has 0 radical (unpaired) electrons. The molecule has 0 saturated carbocycles. The van der Waals surface area contributed by atoms with Crippen molar-refractivity contribution in [2.75, 3.05) is 13.6 Å². The Balaban J connectivity index is 0.00000289. The predicted octanol–water partition coefficient (Wildman–Crippen LogP) is 2.53. The van der Waals surface area contributed by atoms with Gasteiger partial charge in [-0.15, -0.1) is 12.4 Å². The molecule has 102 valence electrons. The minimum atomic E-state index is 0. The van der Waals surface area contributed by atoms with Crippen LogP contribution >= 0.6 is 12.4 Å². The highest BCUT2D eigenvalue weighted by Gasteiger charge is 2.15.